The molecule has 2 rings (SSSR count). The number of nitrogens with one attached hydrogen (secondary N) is 1. The van der Waals surface area contributed by atoms with Gasteiger partial charge in [-0.2, -0.15) is 0 Å². The van der Waals surface area contributed by atoms with Crippen LogP contribution in [0.15, 0.2) is 47.4 Å². The van der Waals surface area contributed by atoms with Crippen LogP contribution in [0.4, 0.5) is 5.69 Å². The monoisotopic (exact) mass is 337 g/mol. The number of hydrogen-bond donors (Lipinski definition) is 1. The van der Waals surface area contributed by atoms with E-state index in [0.29, 0.717) is 10.7 Å². The van der Waals surface area contributed by atoms with E-state index >= 15 is 0 Å². The van der Waals surface area contributed by atoms with E-state index in [-0.39, 0.29) is 4.90 Å². The molecule has 1 amide bonds. The quantitative estimate of drug-likeness (QED) is 0.930. The number of aryl methyl sites for hydroxylation is 2. The van der Waals surface area contributed by atoms with Crippen LogP contribution in [-0.2, 0) is 14.6 Å². The van der Waals surface area contributed by atoms with Crippen LogP contribution in [-0.4, -0.2) is 20.1 Å². The van der Waals surface area contributed by atoms with Crippen LogP contribution in [0.5, 0.6) is 0 Å². The molecule has 0 aliphatic carbocycles. The van der Waals surface area contributed by atoms with Crippen molar-refractivity contribution in [2.45, 2.75) is 18.7 Å². The zero-order valence-corrected chi connectivity index (χ0v) is 13.8. The Morgan fingerprint density at radius 1 is 1.14 bits per heavy atom. The molecular weight excluding hydrogens is 322 g/mol. The van der Waals surface area contributed by atoms with Gasteiger partial charge in [0.2, 0.25) is 5.91 Å². The fourth-order valence-corrected chi connectivity index (χ4v) is 3.66. The highest BCUT2D eigenvalue weighted by Crippen LogP contribution is 2.27. The van der Waals surface area contributed by atoms with Crippen LogP contribution >= 0.6 is 11.6 Å². The lowest BCUT2D eigenvalue weighted by Gasteiger charge is -2.12. The normalized spacial score (nSPS) is 11.2. The number of sulfone groups is 1. The molecule has 0 aromatic heterocycles. The summed E-state index contributed by atoms with van der Waals surface area (Å²) >= 11 is 6.10. The average molecular weight is 338 g/mol. The predicted octanol–water partition coefficient (Wildman–Crippen LogP) is 3.37. The topological polar surface area (TPSA) is 63.2 Å². The Bertz CT molecular complexity index is 778. The van der Waals surface area contributed by atoms with Gasteiger partial charge in [0, 0.05) is 0 Å². The van der Waals surface area contributed by atoms with Gasteiger partial charge in [0.25, 0.3) is 0 Å². The van der Waals surface area contributed by atoms with Crippen LogP contribution in [0.2, 0.25) is 5.02 Å². The lowest BCUT2D eigenvalue weighted by Crippen LogP contribution is -2.23. The number of benzene rings is 2. The maximum Gasteiger partial charge on any atom is 0.240 e. The molecule has 22 heavy (non-hydrogen) atoms. The fourth-order valence-electron chi connectivity index (χ4n) is 2.13. The summed E-state index contributed by atoms with van der Waals surface area (Å²) in [6, 6.07) is 11.5. The maximum atomic E-state index is 12.2. The molecule has 6 heteroatoms. The van der Waals surface area contributed by atoms with Crippen molar-refractivity contribution in [3.05, 3.63) is 58.6 Å². The fraction of sp³-hybridized carbons (Fsp3) is 0.188. The molecule has 0 fully saturated rings. The van der Waals surface area contributed by atoms with Crippen molar-refractivity contribution in [1.82, 2.24) is 0 Å². The largest absolute Gasteiger partial charge is 0.324 e. The highest BCUT2D eigenvalue weighted by molar-refractivity contribution is 7.92. The zero-order valence-electron chi connectivity index (χ0n) is 12.3. The molecule has 2 aromatic rings. The minimum Gasteiger partial charge on any atom is -0.324 e. The van der Waals surface area contributed by atoms with Gasteiger partial charge in [-0.3, -0.25) is 4.79 Å². The lowest BCUT2D eigenvalue weighted by atomic mass is 10.1. The Hall–Kier alpha value is -1.85. The van der Waals surface area contributed by atoms with Crippen molar-refractivity contribution in [2.75, 3.05) is 11.1 Å². The minimum absolute atomic E-state index is 0.122. The first-order chi connectivity index (χ1) is 10.3. The molecule has 0 bridgehead atoms. The molecule has 1 N–H and O–H groups in total. The molecule has 0 aliphatic rings. The number of anilines is 1. The molecule has 116 valence electrons. The molecule has 0 saturated heterocycles. The second-order valence-corrected chi connectivity index (χ2v) is 7.46. The van der Waals surface area contributed by atoms with Crippen molar-refractivity contribution in [3.8, 4) is 0 Å². The number of carbonyl (C=O) groups excluding carboxylic acids is 1. The van der Waals surface area contributed by atoms with E-state index < -0.39 is 21.5 Å². The molecule has 0 unspecified atom stereocenters. The number of halogens is 1. The van der Waals surface area contributed by atoms with Crippen LogP contribution in [0.3, 0.4) is 0 Å². The van der Waals surface area contributed by atoms with Gasteiger partial charge in [-0.15, -0.1) is 0 Å². The second kappa shape index (κ2) is 6.50. The van der Waals surface area contributed by atoms with Crippen LogP contribution in [0.25, 0.3) is 0 Å². The van der Waals surface area contributed by atoms with Gasteiger partial charge in [-0.1, -0.05) is 35.9 Å². The number of rotatable bonds is 4. The van der Waals surface area contributed by atoms with E-state index in [4.69, 9.17) is 11.6 Å². The number of amides is 1. The summed E-state index contributed by atoms with van der Waals surface area (Å²) in [5.74, 6) is -1.24. The third kappa shape index (κ3) is 3.87. The van der Waals surface area contributed by atoms with Gasteiger partial charge < -0.3 is 5.32 Å². The van der Waals surface area contributed by atoms with Crippen molar-refractivity contribution in [2.24, 2.45) is 0 Å². The molecule has 0 aliphatic heterocycles. The molecular formula is C16H16ClNO3S. The third-order valence-corrected chi connectivity index (χ3v) is 5.05. The first kappa shape index (κ1) is 16.5. The van der Waals surface area contributed by atoms with Gasteiger partial charge >= 0.3 is 0 Å². The lowest BCUT2D eigenvalue weighted by molar-refractivity contribution is -0.113. The van der Waals surface area contributed by atoms with Gasteiger partial charge in [0.15, 0.2) is 9.84 Å². The maximum absolute atomic E-state index is 12.2. The van der Waals surface area contributed by atoms with Crippen LogP contribution < -0.4 is 5.32 Å². The minimum atomic E-state index is -3.67. The SMILES string of the molecule is Cc1cc(C)c(NC(=O)CS(=O)(=O)c2ccccc2)c(Cl)c1. The summed E-state index contributed by atoms with van der Waals surface area (Å²) in [5, 5.41) is 2.97. The van der Waals surface area contributed by atoms with Crippen molar-refractivity contribution in [1.29, 1.82) is 0 Å². The van der Waals surface area contributed by atoms with Crippen molar-refractivity contribution >= 4 is 33.0 Å². The van der Waals surface area contributed by atoms with Gasteiger partial charge in [-0.25, -0.2) is 8.42 Å². The first-order valence-electron chi connectivity index (χ1n) is 6.64. The summed E-state index contributed by atoms with van der Waals surface area (Å²) in [5.41, 5.74) is 2.20. The van der Waals surface area contributed by atoms with Gasteiger partial charge in [-0.05, 0) is 43.2 Å². The van der Waals surface area contributed by atoms with E-state index in [1.165, 1.54) is 12.1 Å². The molecule has 2 aromatic carbocycles. The van der Waals surface area contributed by atoms with Crippen LogP contribution in [0.1, 0.15) is 11.1 Å². The van der Waals surface area contributed by atoms with Gasteiger partial charge in [0.05, 0.1) is 15.6 Å². The van der Waals surface area contributed by atoms with E-state index in [0.717, 1.165) is 11.1 Å². The number of carbonyl (C=O) groups is 1. The third-order valence-electron chi connectivity index (χ3n) is 3.12. The standard InChI is InChI=1S/C16H16ClNO3S/c1-11-8-12(2)16(14(17)9-11)18-15(19)10-22(20,21)13-6-4-3-5-7-13/h3-9H,10H2,1-2H3,(H,18,19). The first-order valence-corrected chi connectivity index (χ1v) is 8.67. The summed E-state index contributed by atoms with van der Waals surface area (Å²) in [6.45, 7) is 3.70. The Kier molecular flexibility index (Phi) is 4.88. The highest BCUT2D eigenvalue weighted by atomic mass is 35.5. The summed E-state index contributed by atoms with van der Waals surface area (Å²) in [7, 11) is -3.67. The molecule has 0 heterocycles. The Balaban J connectivity index is 2.18. The smallest absolute Gasteiger partial charge is 0.240 e. The van der Waals surface area contributed by atoms with Crippen molar-refractivity contribution in [3.63, 3.8) is 0 Å². The van der Waals surface area contributed by atoms with Gasteiger partial charge in [0.1, 0.15) is 5.75 Å². The molecule has 0 atom stereocenters. The number of hydrogen-bond acceptors (Lipinski definition) is 3. The average Bonchev–Trinajstić information content (AvgIpc) is 2.43. The van der Waals surface area contributed by atoms with E-state index in [1.54, 1.807) is 31.2 Å². The highest BCUT2D eigenvalue weighted by Gasteiger charge is 2.20. The van der Waals surface area contributed by atoms with Crippen molar-refractivity contribution < 1.29 is 13.2 Å². The van der Waals surface area contributed by atoms with E-state index in [1.807, 2.05) is 13.0 Å². The Labute approximate surface area is 135 Å². The molecule has 0 radical (unpaired) electrons. The summed E-state index contributed by atoms with van der Waals surface area (Å²) in [4.78, 5) is 12.2. The van der Waals surface area contributed by atoms with Crippen LogP contribution in [0, 0.1) is 13.8 Å². The molecule has 4 nitrogen and oxygen atoms in total. The molecule has 0 spiro atoms. The van der Waals surface area contributed by atoms with E-state index in [2.05, 4.69) is 5.32 Å². The summed E-state index contributed by atoms with van der Waals surface area (Å²) < 4.78 is 24.3. The van der Waals surface area contributed by atoms with E-state index in [9.17, 15) is 13.2 Å². The predicted molar refractivity (Wildman–Crippen MR) is 88.1 cm³/mol. The second-order valence-electron chi connectivity index (χ2n) is 5.06. The zero-order chi connectivity index (χ0) is 16.3. The Morgan fingerprint density at radius 3 is 2.36 bits per heavy atom. The summed E-state index contributed by atoms with van der Waals surface area (Å²) in [6.07, 6.45) is 0. The molecule has 0 saturated carbocycles. The Morgan fingerprint density at radius 2 is 1.77 bits per heavy atom.